The van der Waals surface area contributed by atoms with E-state index in [9.17, 15) is 0 Å². The van der Waals surface area contributed by atoms with Crippen molar-refractivity contribution >= 4 is 34.2 Å². The zero-order chi connectivity index (χ0) is 10.3. The van der Waals surface area contributed by atoms with E-state index in [0.717, 1.165) is 23.1 Å². The van der Waals surface area contributed by atoms with Crippen LogP contribution < -0.4 is 0 Å². The summed E-state index contributed by atoms with van der Waals surface area (Å²) in [5.41, 5.74) is 1.69. The van der Waals surface area contributed by atoms with Crippen molar-refractivity contribution in [2.24, 2.45) is 7.05 Å². The molecule has 0 N–H and O–H groups in total. The Kier molecular flexibility index (Phi) is 2.37. The lowest BCUT2D eigenvalue weighted by molar-refractivity contribution is 0.762. The predicted octanol–water partition coefficient (Wildman–Crippen LogP) is 2.84. The van der Waals surface area contributed by atoms with Gasteiger partial charge in [-0.3, -0.25) is 4.68 Å². The fourth-order valence-corrected chi connectivity index (χ4v) is 2.04. The Labute approximate surface area is 91.6 Å². The first-order chi connectivity index (χ1) is 6.63. The molecule has 74 valence electrons. The monoisotopic (exact) mass is 229 g/mol. The highest BCUT2D eigenvalue weighted by Crippen LogP contribution is 2.27. The molecule has 0 aliphatic carbocycles. The summed E-state index contributed by atoms with van der Waals surface area (Å²) < 4.78 is 1.70. The van der Waals surface area contributed by atoms with E-state index >= 15 is 0 Å². The average Bonchev–Trinajstić information content (AvgIpc) is 2.43. The summed E-state index contributed by atoms with van der Waals surface area (Å²) in [6, 6.07) is 1.65. The van der Waals surface area contributed by atoms with E-state index in [-0.39, 0.29) is 0 Å². The lowest BCUT2D eigenvalue weighted by atomic mass is 10.2. The molecule has 0 radical (unpaired) electrons. The first kappa shape index (κ1) is 9.74. The van der Waals surface area contributed by atoms with Crippen LogP contribution in [0.25, 0.3) is 11.0 Å². The van der Waals surface area contributed by atoms with E-state index in [0.29, 0.717) is 10.2 Å². The van der Waals surface area contributed by atoms with Gasteiger partial charge in [0.1, 0.15) is 5.15 Å². The Morgan fingerprint density at radius 3 is 2.79 bits per heavy atom. The molecule has 2 aromatic heterocycles. The van der Waals surface area contributed by atoms with Crippen molar-refractivity contribution in [3.63, 3.8) is 0 Å². The lowest BCUT2D eigenvalue weighted by Gasteiger charge is -1.97. The molecule has 0 amide bonds. The third-order valence-corrected chi connectivity index (χ3v) is 2.61. The maximum Gasteiger partial charge on any atom is 0.161 e. The Bertz CT molecular complexity index is 490. The highest BCUT2D eigenvalue weighted by atomic mass is 35.5. The number of fused-ring (bicyclic) bond motifs is 1. The summed E-state index contributed by atoms with van der Waals surface area (Å²) >= 11 is 11.9. The van der Waals surface area contributed by atoms with Gasteiger partial charge in [-0.2, -0.15) is 5.10 Å². The highest BCUT2D eigenvalue weighted by molar-refractivity contribution is 6.37. The maximum atomic E-state index is 6.08. The first-order valence-electron chi connectivity index (χ1n) is 4.31. The topological polar surface area (TPSA) is 30.7 Å². The maximum absolute atomic E-state index is 6.08. The van der Waals surface area contributed by atoms with Crippen LogP contribution in [0.2, 0.25) is 10.2 Å². The summed E-state index contributed by atoms with van der Waals surface area (Å²) in [7, 11) is 1.83. The molecule has 0 bridgehead atoms. The highest BCUT2D eigenvalue weighted by Gasteiger charge is 2.12. The number of pyridine rings is 1. The van der Waals surface area contributed by atoms with Crippen LogP contribution >= 0.6 is 23.2 Å². The molecule has 0 atom stereocenters. The number of halogens is 2. The van der Waals surface area contributed by atoms with Crippen molar-refractivity contribution < 1.29 is 0 Å². The van der Waals surface area contributed by atoms with Crippen molar-refractivity contribution in [1.82, 2.24) is 14.8 Å². The first-order valence-corrected chi connectivity index (χ1v) is 5.06. The molecule has 5 heteroatoms. The van der Waals surface area contributed by atoms with Crippen LogP contribution in [0.5, 0.6) is 0 Å². The van der Waals surface area contributed by atoms with Gasteiger partial charge in [-0.15, -0.1) is 0 Å². The van der Waals surface area contributed by atoms with Gasteiger partial charge in [0.05, 0.1) is 16.1 Å². The quantitative estimate of drug-likeness (QED) is 0.705. The minimum atomic E-state index is 0.396. The minimum absolute atomic E-state index is 0.396. The molecule has 0 aliphatic heterocycles. The second kappa shape index (κ2) is 3.41. The third kappa shape index (κ3) is 1.37. The fraction of sp³-hybridized carbons (Fsp3) is 0.333. The fourth-order valence-electron chi connectivity index (χ4n) is 1.50. The smallest absolute Gasteiger partial charge is 0.161 e. The van der Waals surface area contributed by atoms with Gasteiger partial charge in [0.15, 0.2) is 5.65 Å². The standard InChI is InChI=1S/C9H9Cl2N3/c1-3-6-8-5(10)4-7(11)12-9(8)14(2)13-6/h4H,3H2,1-2H3. The Morgan fingerprint density at radius 2 is 2.14 bits per heavy atom. The molecule has 14 heavy (non-hydrogen) atoms. The predicted molar refractivity (Wildman–Crippen MR) is 57.9 cm³/mol. The van der Waals surface area contributed by atoms with Crippen molar-refractivity contribution in [2.45, 2.75) is 13.3 Å². The van der Waals surface area contributed by atoms with Crippen LogP contribution in [0.3, 0.4) is 0 Å². The Balaban J connectivity index is 2.89. The Hall–Kier alpha value is -0.800. The van der Waals surface area contributed by atoms with Gasteiger partial charge < -0.3 is 0 Å². The van der Waals surface area contributed by atoms with Gasteiger partial charge >= 0.3 is 0 Å². The normalized spacial score (nSPS) is 11.1. The van der Waals surface area contributed by atoms with Gasteiger partial charge in [-0.1, -0.05) is 30.1 Å². The second-order valence-corrected chi connectivity index (χ2v) is 3.84. The van der Waals surface area contributed by atoms with E-state index in [1.54, 1.807) is 10.7 Å². The number of nitrogens with zero attached hydrogens (tertiary/aromatic N) is 3. The summed E-state index contributed by atoms with van der Waals surface area (Å²) in [4.78, 5) is 4.19. The summed E-state index contributed by atoms with van der Waals surface area (Å²) in [6.45, 7) is 2.03. The summed E-state index contributed by atoms with van der Waals surface area (Å²) in [6.07, 6.45) is 0.834. The van der Waals surface area contributed by atoms with Crippen LogP contribution in [-0.2, 0) is 13.5 Å². The van der Waals surface area contributed by atoms with Crippen LogP contribution in [0.15, 0.2) is 6.07 Å². The van der Waals surface area contributed by atoms with Gasteiger partial charge in [0.25, 0.3) is 0 Å². The van der Waals surface area contributed by atoms with Crippen LogP contribution in [0.4, 0.5) is 0 Å². The van der Waals surface area contributed by atoms with Crippen molar-refractivity contribution in [3.05, 3.63) is 21.9 Å². The minimum Gasteiger partial charge on any atom is -0.250 e. The van der Waals surface area contributed by atoms with E-state index in [1.165, 1.54) is 0 Å². The van der Waals surface area contributed by atoms with Gasteiger partial charge in [0.2, 0.25) is 0 Å². The van der Waals surface area contributed by atoms with Crippen molar-refractivity contribution in [2.75, 3.05) is 0 Å². The number of hydrogen-bond donors (Lipinski definition) is 0. The van der Waals surface area contributed by atoms with E-state index in [1.807, 2.05) is 14.0 Å². The SMILES string of the molecule is CCc1nn(C)c2nc(Cl)cc(Cl)c12. The largest absolute Gasteiger partial charge is 0.250 e. The van der Waals surface area contributed by atoms with Gasteiger partial charge in [-0.25, -0.2) is 4.98 Å². The molecule has 3 nitrogen and oxygen atoms in total. The Morgan fingerprint density at radius 1 is 1.43 bits per heavy atom. The van der Waals surface area contributed by atoms with Crippen LogP contribution in [-0.4, -0.2) is 14.8 Å². The number of hydrogen-bond acceptors (Lipinski definition) is 2. The summed E-state index contributed by atoms with van der Waals surface area (Å²) in [5.74, 6) is 0. The molecule has 0 saturated heterocycles. The van der Waals surface area contributed by atoms with Crippen molar-refractivity contribution in [1.29, 1.82) is 0 Å². The molecule has 2 aromatic rings. The van der Waals surface area contributed by atoms with Crippen LogP contribution in [0.1, 0.15) is 12.6 Å². The molecule has 2 heterocycles. The molecule has 0 aliphatic rings. The number of aromatic nitrogens is 3. The average molecular weight is 230 g/mol. The molecule has 0 spiro atoms. The van der Waals surface area contributed by atoms with E-state index < -0.39 is 0 Å². The van der Waals surface area contributed by atoms with Crippen molar-refractivity contribution in [3.8, 4) is 0 Å². The van der Waals surface area contributed by atoms with Gasteiger partial charge in [0, 0.05) is 7.05 Å². The molecule has 0 fully saturated rings. The molecule has 2 rings (SSSR count). The zero-order valence-corrected chi connectivity index (χ0v) is 9.39. The van der Waals surface area contributed by atoms with E-state index in [4.69, 9.17) is 23.2 Å². The number of rotatable bonds is 1. The molecular weight excluding hydrogens is 221 g/mol. The molecule has 0 unspecified atom stereocenters. The van der Waals surface area contributed by atoms with Gasteiger partial charge in [-0.05, 0) is 12.5 Å². The summed E-state index contributed by atoms with van der Waals surface area (Å²) in [5, 5.41) is 6.24. The van der Waals surface area contributed by atoms with E-state index in [2.05, 4.69) is 10.1 Å². The molecule has 0 aromatic carbocycles. The third-order valence-electron chi connectivity index (χ3n) is 2.12. The zero-order valence-electron chi connectivity index (χ0n) is 7.88. The molecule has 0 saturated carbocycles. The number of aryl methyl sites for hydroxylation is 2. The lowest BCUT2D eigenvalue weighted by Crippen LogP contribution is -1.92. The second-order valence-electron chi connectivity index (χ2n) is 3.05. The van der Waals surface area contributed by atoms with Crippen LogP contribution in [0, 0.1) is 0 Å². The molecular formula is C9H9Cl2N3.